The van der Waals surface area contributed by atoms with Crippen LogP contribution in [0.5, 0.6) is 0 Å². The summed E-state index contributed by atoms with van der Waals surface area (Å²) in [6.07, 6.45) is 0. The van der Waals surface area contributed by atoms with E-state index in [1.54, 1.807) is 0 Å². The topological polar surface area (TPSA) is 216 Å². The number of halogens is 4. The molecule has 0 aromatic heterocycles. The Morgan fingerprint density at radius 1 is 0.609 bits per heavy atom. The van der Waals surface area contributed by atoms with Crippen molar-refractivity contribution in [1.82, 2.24) is 0 Å². The standard InChI is InChI=1S/4BFH2O2.H2O3S2.2Pt/c4*2-1(3)4;1-5(2,3)4;;/h4*3-4H;(H2,1,2,3,4);;. The fraction of sp³-hybridized carbons (Fsp3) is 0. The van der Waals surface area contributed by atoms with Crippen molar-refractivity contribution in [3.05, 3.63) is 0 Å². The van der Waals surface area contributed by atoms with E-state index < -0.39 is 38.7 Å². The molecule has 0 amide bonds. The summed E-state index contributed by atoms with van der Waals surface area (Å²) in [6, 6.07) is 0. The van der Waals surface area contributed by atoms with Crippen LogP contribution in [0, 0.1) is 0 Å². The zero-order chi connectivity index (χ0) is 18.8. The molecule has 0 heterocycles. The molecule has 0 aliphatic carbocycles. The van der Waals surface area contributed by atoms with Gasteiger partial charge < -0.3 is 40.2 Å². The van der Waals surface area contributed by atoms with Crippen LogP contribution in [0.4, 0.5) is 17.3 Å². The van der Waals surface area contributed by atoms with E-state index in [1.165, 1.54) is 0 Å². The largest absolute Gasteiger partial charge is 0.674 e. The van der Waals surface area contributed by atoms with Crippen molar-refractivity contribution in [1.29, 1.82) is 0 Å². The quantitative estimate of drug-likeness (QED) is 0.0373. The van der Waals surface area contributed by atoms with Gasteiger partial charge >= 0.3 is 38.7 Å². The first-order chi connectivity index (χ1) is 8.93. The summed E-state index contributed by atoms with van der Waals surface area (Å²) >= 11 is 2.65. The zero-order valence-corrected chi connectivity index (χ0v) is 16.4. The minimum atomic E-state index is -3.97. The maximum Gasteiger partial charge on any atom is 0.674 e. The molecule has 0 radical (unpaired) electrons. The molecule has 0 saturated heterocycles. The van der Waals surface area contributed by atoms with Crippen molar-refractivity contribution in [3.8, 4) is 0 Å². The normalized spacial score (nSPS) is 7.22. The van der Waals surface area contributed by atoms with Gasteiger partial charge in [0.1, 0.15) is 0 Å². The summed E-state index contributed by atoms with van der Waals surface area (Å²) in [6.45, 7) is 0. The summed E-state index contributed by atoms with van der Waals surface area (Å²) < 4.78 is 65.9. The van der Waals surface area contributed by atoms with Crippen LogP contribution in [0.15, 0.2) is 0 Å². The Hall–Kier alpha value is 1.30. The van der Waals surface area contributed by atoms with E-state index >= 15 is 0 Å². The molecule has 148 valence electrons. The van der Waals surface area contributed by atoms with Gasteiger partial charge in [-0.05, 0) is 11.7 Å². The molecule has 23 heavy (non-hydrogen) atoms. The second-order valence-corrected chi connectivity index (χ2v) is 3.97. The fourth-order valence-electron chi connectivity index (χ4n) is 0. The second kappa shape index (κ2) is 31.1. The van der Waals surface area contributed by atoms with E-state index in [0.717, 1.165) is 0 Å². The second-order valence-electron chi connectivity index (χ2n) is 1.69. The Kier molecular flexibility index (Phi) is 59.6. The molecule has 0 aliphatic heterocycles. The molecule has 23 heteroatoms. The molecule has 11 nitrogen and oxygen atoms in total. The molecule has 0 unspecified atom stereocenters. The molecular weight excluding hydrogens is 750 g/mol. The number of thiol groups is 1. The Labute approximate surface area is 162 Å². The van der Waals surface area contributed by atoms with Crippen LogP contribution < -0.4 is 0 Å². The van der Waals surface area contributed by atoms with Crippen molar-refractivity contribution in [3.63, 3.8) is 0 Å². The van der Waals surface area contributed by atoms with Crippen LogP contribution in [-0.4, -0.2) is 82.7 Å². The van der Waals surface area contributed by atoms with Crippen molar-refractivity contribution < 1.29 is 113 Å². The first kappa shape index (κ1) is 44.1. The third kappa shape index (κ3) is 6290. The first-order valence-electron chi connectivity index (χ1n) is 3.64. The third-order valence-corrected chi connectivity index (χ3v) is 0. The first-order valence-corrected chi connectivity index (χ1v) is 6.13. The van der Waals surface area contributed by atoms with Crippen LogP contribution in [0.3, 0.4) is 0 Å². The summed E-state index contributed by atoms with van der Waals surface area (Å²) in [5.74, 6) is 0. The Bertz CT molecular complexity index is 226. The van der Waals surface area contributed by atoms with E-state index in [-0.39, 0.29) is 42.1 Å². The molecule has 9 N–H and O–H groups in total. The minimum Gasteiger partial charge on any atom is -0.398 e. The van der Waals surface area contributed by atoms with E-state index in [1.807, 2.05) is 0 Å². The zero-order valence-electron chi connectivity index (χ0n) is 10.2. The van der Waals surface area contributed by atoms with Crippen molar-refractivity contribution in [2.45, 2.75) is 0 Å². The minimum absolute atomic E-state index is 0. The van der Waals surface area contributed by atoms with E-state index in [2.05, 4.69) is 11.7 Å². The van der Waals surface area contributed by atoms with Gasteiger partial charge in [0.25, 0.3) is 0 Å². The SMILES string of the molecule is O=S(=O)(O)S.OB(O)F.OB(O)F.OB(O)F.OB(O)F.[Pt].[Pt]. The molecule has 0 fully saturated rings. The summed E-state index contributed by atoms with van der Waals surface area (Å²) in [7, 11) is -14.6. The van der Waals surface area contributed by atoms with Gasteiger partial charge in [-0.2, -0.15) is 8.42 Å². The van der Waals surface area contributed by atoms with Gasteiger partial charge in [0, 0.05) is 42.1 Å². The Morgan fingerprint density at radius 3 is 0.609 bits per heavy atom. The maximum absolute atomic E-state index is 10.1. The molecule has 0 saturated carbocycles. The van der Waals surface area contributed by atoms with Crippen molar-refractivity contribution in [2.24, 2.45) is 0 Å². The van der Waals surface area contributed by atoms with Gasteiger partial charge in [0.15, 0.2) is 0 Å². The molecule has 0 aromatic carbocycles. The summed E-state index contributed by atoms with van der Waals surface area (Å²) in [5.41, 5.74) is 0. The molecule has 0 aliphatic rings. The number of rotatable bonds is 0. The van der Waals surface area contributed by atoms with E-state index in [0.29, 0.717) is 0 Å². The molecule has 0 spiro atoms. The predicted molar refractivity (Wildman–Crippen MR) is 65.7 cm³/mol. The van der Waals surface area contributed by atoms with E-state index in [9.17, 15) is 17.3 Å². The predicted octanol–water partition coefficient (Wildman–Crippen LogP) is -4.58. The summed E-state index contributed by atoms with van der Waals surface area (Å²) in [4.78, 5) is 0. The van der Waals surface area contributed by atoms with Crippen molar-refractivity contribution in [2.75, 3.05) is 0 Å². The van der Waals surface area contributed by atoms with Gasteiger partial charge in [0.05, 0.1) is 0 Å². The fourth-order valence-corrected chi connectivity index (χ4v) is 0. The van der Waals surface area contributed by atoms with Gasteiger partial charge in [-0.15, -0.1) is 0 Å². The van der Waals surface area contributed by atoms with Crippen molar-refractivity contribution >= 4 is 50.4 Å². The number of hydrogen-bond acceptors (Lipinski definition) is 10. The number of hydrogen-bond donors (Lipinski definition) is 10. The van der Waals surface area contributed by atoms with E-state index in [4.69, 9.17) is 53.2 Å². The van der Waals surface area contributed by atoms with Gasteiger partial charge in [-0.3, -0.25) is 21.8 Å². The van der Waals surface area contributed by atoms with Crippen LogP contribution in [0.2, 0.25) is 0 Å². The van der Waals surface area contributed by atoms with Crippen LogP contribution in [-0.2, 0) is 51.3 Å². The molecule has 0 rings (SSSR count). The average Bonchev–Trinajstić information content (AvgIpc) is 1.91. The monoisotopic (exact) mass is 760 g/mol. The Balaban J connectivity index is -0.0000000273. The van der Waals surface area contributed by atoms with Crippen LogP contribution in [0.25, 0.3) is 0 Å². The smallest absolute Gasteiger partial charge is 0.398 e. The van der Waals surface area contributed by atoms with Crippen LogP contribution in [0.1, 0.15) is 0 Å². The third-order valence-electron chi connectivity index (χ3n) is 0. The summed E-state index contributed by atoms with van der Waals surface area (Å²) in [5, 5.41) is 55.6. The molecule has 0 aromatic rings. The molecule has 0 atom stereocenters. The van der Waals surface area contributed by atoms with Gasteiger partial charge in [-0.25, -0.2) is 0 Å². The van der Waals surface area contributed by atoms with Crippen LogP contribution >= 0.6 is 11.7 Å². The average molecular weight is 760 g/mol. The Morgan fingerprint density at radius 2 is 0.609 bits per heavy atom. The van der Waals surface area contributed by atoms with Gasteiger partial charge in [-0.1, -0.05) is 0 Å². The molecular formula is H10B4F4O11Pt2S2. The van der Waals surface area contributed by atoms with Gasteiger partial charge in [0.2, 0.25) is 0 Å². The molecule has 0 bridgehead atoms. The maximum atomic E-state index is 10.1.